The summed E-state index contributed by atoms with van der Waals surface area (Å²) in [6, 6.07) is 2.35. The molecule has 0 aromatic heterocycles. The number of nitrogens with one attached hydrogen (secondary N) is 3. The van der Waals surface area contributed by atoms with E-state index in [0.717, 1.165) is 0 Å². The van der Waals surface area contributed by atoms with Gasteiger partial charge in [-0.25, -0.2) is 0 Å². The van der Waals surface area contributed by atoms with E-state index in [-0.39, 0.29) is 53.0 Å². The molecule has 2 aliphatic heterocycles. The summed E-state index contributed by atoms with van der Waals surface area (Å²) in [6.07, 6.45) is 0.207. The highest BCUT2D eigenvalue weighted by molar-refractivity contribution is 9.10. The molecule has 3 N–H and O–H groups in total. The van der Waals surface area contributed by atoms with Crippen molar-refractivity contribution in [2.45, 2.75) is 44.6 Å². The van der Waals surface area contributed by atoms with Gasteiger partial charge in [0.15, 0.2) is 0 Å². The summed E-state index contributed by atoms with van der Waals surface area (Å²) in [5.74, 6) is -0.435. The van der Waals surface area contributed by atoms with Gasteiger partial charge in [-0.1, -0.05) is 15.9 Å². The number of ether oxygens (including phenoxy) is 1. The highest BCUT2D eigenvalue weighted by atomic mass is 79.9. The molecule has 1 aromatic rings. The number of carbonyl (C=O) groups is 2. The van der Waals surface area contributed by atoms with Crippen molar-refractivity contribution in [1.29, 1.82) is 0 Å². The van der Waals surface area contributed by atoms with Crippen molar-refractivity contribution in [2.24, 2.45) is 0 Å². The predicted molar refractivity (Wildman–Crippen MR) is 115 cm³/mol. The molecule has 4 atom stereocenters. The first kappa shape index (κ1) is 22.4. The van der Waals surface area contributed by atoms with Crippen LogP contribution in [-0.4, -0.2) is 72.6 Å². The molecule has 0 radical (unpaired) electrons. The Morgan fingerprint density at radius 3 is 2.57 bits per heavy atom. The van der Waals surface area contributed by atoms with Crippen LogP contribution < -0.4 is 16.0 Å². The van der Waals surface area contributed by atoms with Crippen molar-refractivity contribution in [3.05, 3.63) is 32.3 Å². The van der Waals surface area contributed by atoms with Crippen LogP contribution in [0, 0.1) is 10.1 Å². The molecule has 0 spiro atoms. The third-order valence-electron chi connectivity index (χ3n) is 5.26. The van der Waals surface area contributed by atoms with Crippen LogP contribution in [0.1, 0.15) is 30.6 Å². The number of hydrogen-bond acceptors (Lipinski definition) is 7. The van der Waals surface area contributed by atoms with Gasteiger partial charge >= 0.3 is 0 Å². The minimum absolute atomic E-state index is 0.122. The number of nitro groups is 1. The van der Waals surface area contributed by atoms with E-state index in [1.807, 2.05) is 13.8 Å². The third-order valence-corrected chi connectivity index (χ3v) is 5.72. The number of morpholine rings is 1. The minimum atomic E-state index is -0.507. The third kappa shape index (κ3) is 4.90. The molecule has 3 rings (SSSR count). The Morgan fingerprint density at radius 1 is 1.30 bits per heavy atom. The van der Waals surface area contributed by atoms with Gasteiger partial charge in [-0.3, -0.25) is 19.7 Å². The van der Waals surface area contributed by atoms with Gasteiger partial charge in [-0.2, -0.15) is 0 Å². The molecule has 2 saturated heterocycles. The van der Waals surface area contributed by atoms with Crippen molar-refractivity contribution >= 4 is 39.1 Å². The fraction of sp³-hybridized carbons (Fsp3) is 0.579. The normalized spacial score (nSPS) is 26.3. The average Bonchev–Trinajstić information content (AvgIpc) is 3.15. The predicted octanol–water partition coefficient (Wildman–Crippen LogP) is 1.50. The molecular formula is C19H26BrN5O5. The second-order valence-electron chi connectivity index (χ2n) is 7.72. The first-order valence-electron chi connectivity index (χ1n) is 9.83. The fourth-order valence-electron chi connectivity index (χ4n) is 3.99. The lowest BCUT2D eigenvalue weighted by molar-refractivity contribution is -0.384. The number of nitrogens with zero attached hydrogens (tertiary/aromatic N) is 2. The van der Waals surface area contributed by atoms with Crippen molar-refractivity contribution < 1.29 is 19.2 Å². The Bertz CT molecular complexity index is 841. The number of nitro benzene ring substituents is 1. The number of anilines is 1. The number of rotatable bonds is 5. The SMILES string of the molecule is CNC(=O)[C@@H]1C[C@@H](Nc2c(C(=O)N3C[C@@H](C)O[C@@H](C)C3)cc(Br)cc2[N+](=O)[O-])CN1. The quantitative estimate of drug-likeness (QED) is 0.427. The molecule has 2 aliphatic rings. The van der Waals surface area contributed by atoms with Crippen LogP contribution in [0.2, 0.25) is 0 Å². The standard InChI is InChI=1S/C19H26BrN5O5/c1-10-8-24(9-11(2)30-10)19(27)14-4-12(20)5-16(25(28)29)17(14)23-13-6-15(22-7-13)18(26)21-3/h4-5,10-11,13,15,22-23H,6-9H2,1-3H3,(H,21,26)/t10-,11+,13-,15+/m1/s1. The maximum Gasteiger partial charge on any atom is 0.294 e. The molecule has 10 nitrogen and oxygen atoms in total. The molecule has 1 aromatic carbocycles. The lowest BCUT2D eigenvalue weighted by atomic mass is 10.1. The van der Waals surface area contributed by atoms with E-state index in [1.54, 1.807) is 18.0 Å². The first-order valence-corrected chi connectivity index (χ1v) is 10.6. The number of amides is 2. The summed E-state index contributed by atoms with van der Waals surface area (Å²) < 4.78 is 6.15. The van der Waals surface area contributed by atoms with Gasteiger partial charge in [-0.05, 0) is 26.3 Å². The molecule has 2 amide bonds. The second kappa shape index (κ2) is 9.27. The molecule has 0 bridgehead atoms. The molecule has 2 heterocycles. The molecule has 11 heteroatoms. The highest BCUT2D eigenvalue weighted by Gasteiger charge is 2.34. The van der Waals surface area contributed by atoms with Crippen LogP contribution in [0.25, 0.3) is 0 Å². The van der Waals surface area contributed by atoms with E-state index in [4.69, 9.17) is 4.74 Å². The maximum absolute atomic E-state index is 13.3. The van der Waals surface area contributed by atoms with Crippen LogP contribution in [0.4, 0.5) is 11.4 Å². The van der Waals surface area contributed by atoms with Gasteiger partial charge in [0, 0.05) is 43.3 Å². The molecule has 0 unspecified atom stereocenters. The lowest BCUT2D eigenvalue weighted by Crippen LogP contribution is -2.48. The van der Waals surface area contributed by atoms with Crippen molar-refractivity contribution in [3.63, 3.8) is 0 Å². The zero-order chi connectivity index (χ0) is 22.0. The minimum Gasteiger partial charge on any atom is -0.375 e. The van der Waals surface area contributed by atoms with E-state index >= 15 is 0 Å². The van der Waals surface area contributed by atoms with Crippen molar-refractivity contribution in [2.75, 3.05) is 32.0 Å². The van der Waals surface area contributed by atoms with Crippen LogP contribution in [-0.2, 0) is 9.53 Å². The van der Waals surface area contributed by atoms with E-state index in [0.29, 0.717) is 30.5 Å². The van der Waals surface area contributed by atoms with Crippen LogP contribution >= 0.6 is 15.9 Å². The van der Waals surface area contributed by atoms with Crippen molar-refractivity contribution in [3.8, 4) is 0 Å². The lowest BCUT2D eigenvalue weighted by Gasteiger charge is -2.35. The maximum atomic E-state index is 13.3. The summed E-state index contributed by atoms with van der Waals surface area (Å²) in [7, 11) is 1.56. The average molecular weight is 484 g/mol. The molecule has 164 valence electrons. The van der Waals surface area contributed by atoms with Crippen LogP contribution in [0.3, 0.4) is 0 Å². The Kier molecular flexibility index (Phi) is 6.94. The molecule has 30 heavy (non-hydrogen) atoms. The fourth-order valence-corrected chi connectivity index (χ4v) is 4.44. The second-order valence-corrected chi connectivity index (χ2v) is 8.64. The number of hydrogen-bond donors (Lipinski definition) is 3. The van der Waals surface area contributed by atoms with Gasteiger partial charge in [0.2, 0.25) is 5.91 Å². The number of halogens is 1. The van der Waals surface area contributed by atoms with Gasteiger partial charge in [0.1, 0.15) is 5.69 Å². The molecule has 0 saturated carbocycles. The summed E-state index contributed by atoms with van der Waals surface area (Å²) in [5, 5.41) is 20.6. The Balaban J connectivity index is 1.92. The van der Waals surface area contributed by atoms with E-state index in [9.17, 15) is 19.7 Å². The molecule has 0 aliphatic carbocycles. The number of benzene rings is 1. The number of carbonyl (C=O) groups excluding carboxylic acids is 2. The number of likely N-dealkylation sites (N-methyl/N-ethyl adjacent to an activating group) is 1. The van der Waals surface area contributed by atoms with Gasteiger partial charge < -0.3 is 25.6 Å². The zero-order valence-corrected chi connectivity index (χ0v) is 18.7. The summed E-state index contributed by atoms with van der Waals surface area (Å²) in [5.41, 5.74) is 0.204. The van der Waals surface area contributed by atoms with Crippen LogP contribution in [0.15, 0.2) is 16.6 Å². The largest absolute Gasteiger partial charge is 0.375 e. The zero-order valence-electron chi connectivity index (χ0n) is 17.1. The Hall–Kier alpha value is -2.24. The van der Waals surface area contributed by atoms with Crippen molar-refractivity contribution in [1.82, 2.24) is 15.5 Å². The Morgan fingerprint density at radius 2 is 1.97 bits per heavy atom. The topological polar surface area (TPSA) is 126 Å². The summed E-state index contributed by atoms with van der Waals surface area (Å²) >= 11 is 3.29. The van der Waals surface area contributed by atoms with E-state index in [2.05, 4.69) is 31.9 Å². The smallest absolute Gasteiger partial charge is 0.294 e. The summed E-state index contributed by atoms with van der Waals surface area (Å²) in [6.45, 7) is 5.05. The van der Waals surface area contributed by atoms with Gasteiger partial charge in [-0.15, -0.1) is 0 Å². The first-order chi connectivity index (χ1) is 14.2. The van der Waals surface area contributed by atoms with Gasteiger partial charge in [0.25, 0.3) is 11.6 Å². The van der Waals surface area contributed by atoms with Gasteiger partial charge in [0.05, 0.1) is 28.7 Å². The Labute approximate surface area is 183 Å². The summed E-state index contributed by atoms with van der Waals surface area (Å²) in [4.78, 5) is 38.1. The monoisotopic (exact) mass is 483 g/mol. The van der Waals surface area contributed by atoms with E-state index < -0.39 is 4.92 Å². The van der Waals surface area contributed by atoms with E-state index in [1.165, 1.54) is 6.07 Å². The van der Waals surface area contributed by atoms with Crippen LogP contribution in [0.5, 0.6) is 0 Å². The molecule has 2 fully saturated rings. The molecular weight excluding hydrogens is 458 g/mol. The highest BCUT2D eigenvalue weighted by Crippen LogP contribution is 2.35.